The van der Waals surface area contributed by atoms with Crippen LogP contribution in [-0.2, 0) is 0 Å². The van der Waals surface area contributed by atoms with Gasteiger partial charge in [-0.05, 0) is 48.0 Å². The van der Waals surface area contributed by atoms with Gasteiger partial charge in [-0.15, -0.1) is 0 Å². The van der Waals surface area contributed by atoms with Crippen LogP contribution in [0, 0.1) is 11.3 Å². The maximum absolute atomic E-state index is 9.59. The van der Waals surface area contributed by atoms with Crippen molar-refractivity contribution in [2.75, 3.05) is 5.32 Å². The molecule has 2 aromatic heterocycles. The molecule has 0 spiro atoms. The summed E-state index contributed by atoms with van der Waals surface area (Å²) in [5.41, 5.74) is 4.95. The Kier molecular flexibility index (Phi) is 5.12. The van der Waals surface area contributed by atoms with Crippen molar-refractivity contribution >= 4 is 46.2 Å². The van der Waals surface area contributed by atoms with Crippen LogP contribution in [0.15, 0.2) is 84.1 Å². The minimum atomic E-state index is 0.307. The molecule has 0 aliphatic heterocycles. The van der Waals surface area contributed by atoms with E-state index in [1.54, 1.807) is 18.3 Å². The third kappa shape index (κ3) is 3.83. The normalized spacial score (nSPS) is 11.1. The fourth-order valence-corrected chi connectivity index (χ4v) is 3.54. The molecular weight excluding hydrogens is 422 g/mol. The lowest BCUT2D eigenvalue weighted by Gasteiger charge is -2.04. The summed E-state index contributed by atoms with van der Waals surface area (Å²) in [6.45, 7) is 0. The first-order chi connectivity index (χ1) is 15.7. The number of aromatic amines is 1. The fraction of sp³-hybridized carbons (Fsp3) is 0. The Bertz CT molecular complexity index is 1470. The zero-order valence-electron chi connectivity index (χ0n) is 16.7. The van der Waals surface area contributed by atoms with Crippen LogP contribution < -0.4 is 5.32 Å². The average molecular weight is 438 g/mol. The van der Waals surface area contributed by atoms with Crippen molar-refractivity contribution in [1.29, 1.82) is 5.26 Å². The van der Waals surface area contributed by atoms with Crippen molar-refractivity contribution in [2.24, 2.45) is 4.99 Å². The Morgan fingerprint density at radius 1 is 1.06 bits per heavy atom. The Hall–Kier alpha value is -4.41. The molecule has 0 aliphatic carbocycles. The number of aliphatic imine (C=N–C) groups is 1. The molecule has 0 unspecified atom stereocenters. The van der Waals surface area contributed by atoms with Crippen LogP contribution in [0.4, 0.5) is 17.3 Å². The maximum atomic E-state index is 9.59. The summed E-state index contributed by atoms with van der Waals surface area (Å²) in [5.74, 6) is 0.769. The van der Waals surface area contributed by atoms with E-state index in [9.17, 15) is 5.26 Å². The van der Waals surface area contributed by atoms with Gasteiger partial charge in [-0.25, -0.2) is 9.98 Å². The highest BCUT2D eigenvalue weighted by Crippen LogP contribution is 2.27. The number of H-pyrrole nitrogens is 1. The van der Waals surface area contributed by atoms with Gasteiger partial charge in [0, 0.05) is 22.6 Å². The van der Waals surface area contributed by atoms with Gasteiger partial charge in [0.2, 0.25) is 0 Å². The van der Waals surface area contributed by atoms with Gasteiger partial charge in [-0.3, -0.25) is 9.67 Å². The molecule has 0 saturated carbocycles. The highest BCUT2D eigenvalue weighted by atomic mass is 35.5. The van der Waals surface area contributed by atoms with E-state index >= 15 is 0 Å². The van der Waals surface area contributed by atoms with Crippen LogP contribution in [0.3, 0.4) is 0 Å². The van der Waals surface area contributed by atoms with Gasteiger partial charge < -0.3 is 5.32 Å². The van der Waals surface area contributed by atoms with Crippen molar-refractivity contribution in [3.8, 4) is 11.8 Å². The summed E-state index contributed by atoms with van der Waals surface area (Å²) in [5, 5.41) is 20.3. The van der Waals surface area contributed by atoms with Gasteiger partial charge in [0.25, 0.3) is 0 Å². The van der Waals surface area contributed by atoms with E-state index in [4.69, 9.17) is 11.6 Å². The lowest BCUT2D eigenvalue weighted by Crippen LogP contribution is -1.92. The second-order valence-electron chi connectivity index (χ2n) is 7.00. The number of nitrogens with one attached hydrogen (secondary N) is 2. The highest BCUT2D eigenvalue weighted by Gasteiger charge is 2.12. The van der Waals surface area contributed by atoms with E-state index < -0.39 is 0 Å². The fourth-order valence-electron chi connectivity index (χ4n) is 3.35. The van der Waals surface area contributed by atoms with Crippen molar-refractivity contribution < 1.29 is 0 Å². The van der Waals surface area contributed by atoms with Crippen LogP contribution in [0.1, 0.15) is 11.1 Å². The number of benzene rings is 3. The predicted molar refractivity (Wildman–Crippen MR) is 126 cm³/mol. The summed E-state index contributed by atoms with van der Waals surface area (Å²) >= 11 is 6.02. The predicted octanol–water partition coefficient (Wildman–Crippen LogP) is 5.77. The van der Waals surface area contributed by atoms with E-state index in [0.29, 0.717) is 22.2 Å². The number of imidazole rings is 1. The zero-order valence-corrected chi connectivity index (χ0v) is 17.5. The van der Waals surface area contributed by atoms with Crippen LogP contribution in [0.2, 0.25) is 5.02 Å². The van der Waals surface area contributed by atoms with Gasteiger partial charge >= 0.3 is 0 Å². The smallest absolute Gasteiger partial charge is 0.193 e. The molecule has 8 heteroatoms. The molecule has 0 saturated heterocycles. The number of para-hydroxylation sites is 2. The molecule has 2 heterocycles. The van der Waals surface area contributed by atoms with Crippen molar-refractivity contribution in [1.82, 2.24) is 19.7 Å². The molecule has 7 nitrogen and oxygen atoms in total. The third-order valence-electron chi connectivity index (χ3n) is 4.91. The summed E-state index contributed by atoms with van der Waals surface area (Å²) in [4.78, 5) is 8.82. The third-order valence-corrected chi connectivity index (χ3v) is 5.15. The summed E-state index contributed by atoms with van der Waals surface area (Å²) < 4.78 is 2.03. The van der Waals surface area contributed by atoms with E-state index in [1.807, 2.05) is 71.6 Å². The first-order valence-electron chi connectivity index (χ1n) is 9.79. The quantitative estimate of drug-likeness (QED) is 0.341. The second-order valence-corrected chi connectivity index (χ2v) is 7.43. The SMILES string of the molecule is N#Cc1c(N=Cc2ccc(-n3cnc4ccccc43)cc2)n[nH]c1Nc1cccc(Cl)c1. The molecule has 0 bridgehead atoms. The van der Waals surface area contributed by atoms with E-state index in [1.165, 1.54) is 0 Å². The number of halogens is 1. The molecule has 154 valence electrons. The molecule has 2 N–H and O–H groups in total. The molecule has 5 aromatic rings. The Morgan fingerprint density at radius 2 is 1.91 bits per heavy atom. The Labute approximate surface area is 188 Å². The second kappa shape index (κ2) is 8.38. The van der Waals surface area contributed by atoms with Gasteiger partial charge in [-0.1, -0.05) is 41.9 Å². The Balaban J connectivity index is 1.36. The maximum Gasteiger partial charge on any atom is 0.193 e. The number of nitrogens with zero attached hydrogens (tertiary/aromatic N) is 5. The largest absolute Gasteiger partial charge is 0.339 e. The molecular formula is C24H16ClN7. The molecule has 3 aromatic carbocycles. The molecule has 0 radical (unpaired) electrons. The highest BCUT2D eigenvalue weighted by molar-refractivity contribution is 6.30. The first-order valence-corrected chi connectivity index (χ1v) is 10.2. The molecule has 0 aliphatic rings. The topological polar surface area (TPSA) is 94.7 Å². The average Bonchev–Trinajstić information content (AvgIpc) is 3.42. The zero-order chi connectivity index (χ0) is 21.9. The number of nitriles is 1. The standard InChI is InChI=1S/C24H16ClN7/c25-17-4-3-5-18(12-17)29-24-20(13-26)23(30-31-24)27-14-16-8-10-19(11-9-16)32-15-28-21-6-1-2-7-22(21)32/h1-12,14-15H,(H2,29,30,31). The monoisotopic (exact) mass is 437 g/mol. The summed E-state index contributed by atoms with van der Waals surface area (Å²) in [6.07, 6.45) is 3.49. The van der Waals surface area contributed by atoms with Gasteiger partial charge in [0.1, 0.15) is 23.8 Å². The van der Waals surface area contributed by atoms with Crippen molar-refractivity contribution in [2.45, 2.75) is 0 Å². The van der Waals surface area contributed by atoms with Gasteiger partial charge in [0.05, 0.1) is 11.0 Å². The summed E-state index contributed by atoms with van der Waals surface area (Å²) in [6, 6.07) is 25.3. The first kappa shape index (κ1) is 19.5. The minimum absolute atomic E-state index is 0.307. The number of hydrogen-bond acceptors (Lipinski definition) is 5. The number of hydrogen-bond donors (Lipinski definition) is 2. The molecule has 32 heavy (non-hydrogen) atoms. The number of rotatable bonds is 5. The lowest BCUT2D eigenvalue weighted by molar-refractivity contribution is 1.08. The molecule has 0 amide bonds. The molecule has 5 rings (SSSR count). The lowest BCUT2D eigenvalue weighted by atomic mass is 10.2. The van der Waals surface area contributed by atoms with Gasteiger partial charge in [-0.2, -0.15) is 10.4 Å². The minimum Gasteiger partial charge on any atom is -0.339 e. The van der Waals surface area contributed by atoms with Crippen LogP contribution in [-0.4, -0.2) is 26.0 Å². The van der Waals surface area contributed by atoms with Gasteiger partial charge in [0.15, 0.2) is 5.82 Å². The number of fused-ring (bicyclic) bond motifs is 1. The van der Waals surface area contributed by atoms with Crippen molar-refractivity contribution in [3.05, 3.63) is 95.3 Å². The number of aromatic nitrogens is 4. The molecule has 0 atom stereocenters. The van der Waals surface area contributed by atoms with E-state index in [2.05, 4.69) is 31.6 Å². The van der Waals surface area contributed by atoms with E-state index in [0.717, 1.165) is 28.0 Å². The van der Waals surface area contributed by atoms with Crippen LogP contribution in [0.5, 0.6) is 0 Å². The van der Waals surface area contributed by atoms with Crippen molar-refractivity contribution in [3.63, 3.8) is 0 Å². The Morgan fingerprint density at radius 3 is 2.72 bits per heavy atom. The van der Waals surface area contributed by atoms with Crippen LogP contribution >= 0.6 is 11.6 Å². The van der Waals surface area contributed by atoms with E-state index in [-0.39, 0.29) is 0 Å². The van der Waals surface area contributed by atoms with Crippen LogP contribution in [0.25, 0.3) is 16.7 Å². The molecule has 0 fully saturated rings. The summed E-state index contributed by atoms with van der Waals surface area (Å²) in [7, 11) is 0. The number of anilines is 2.